The van der Waals surface area contributed by atoms with E-state index < -0.39 is 0 Å². The molecule has 9 unspecified atom stereocenters. The van der Waals surface area contributed by atoms with Gasteiger partial charge >= 0.3 is 0 Å². The third-order valence-corrected chi connectivity index (χ3v) is 18.5. The maximum Gasteiger partial charge on any atom is 0.118 e. The quantitative estimate of drug-likeness (QED) is 0.0560. The summed E-state index contributed by atoms with van der Waals surface area (Å²) in [6.45, 7) is 43.0. The van der Waals surface area contributed by atoms with E-state index in [4.69, 9.17) is 45.6 Å². The number of ether oxygens (including phenoxy) is 1. The number of benzene rings is 7. The van der Waals surface area contributed by atoms with Crippen LogP contribution >= 0.6 is 0 Å². The van der Waals surface area contributed by atoms with Crippen LogP contribution in [0.3, 0.4) is 0 Å². The van der Waals surface area contributed by atoms with E-state index in [-0.39, 0.29) is 12.0 Å². The Kier molecular flexibility index (Phi) is 64.9. The lowest BCUT2D eigenvalue weighted by atomic mass is 9.78. The lowest BCUT2D eigenvalue weighted by Gasteiger charge is -2.27. The van der Waals surface area contributed by atoms with Crippen LogP contribution in [0.2, 0.25) is 0 Å². The Balaban J connectivity index is -0.000000333. The fourth-order valence-corrected chi connectivity index (χ4v) is 10.5. The van der Waals surface area contributed by atoms with Crippen molar-refractivity contribution in [3.63, 3.8) is 0 Å². The summed E-state index contributed by atoms with van der Waals surface area (Å²) in [5, 5.41) is 57.9. The van der Waals surface area contributed by atoms with Gasteiger partial charge in [0.1, 0.15) is 5.75 Å². The lowest BCUT2D eigenvalue weighted by Crippen LogP contribution is -2.20. The Hall–Kier alpha value is -5.98. The Morgan fingerprint density at radius 3 is 1.06 bits per heavy atom. The van der Waals surface area contributed by atoms with Crippen molar-refractivity contribution in [2.24, 2.45) is 17.8 Å². The highest BCUT2D eigenvalue weighted by Gasteiger charge is 2.25. The van der Waals surface area contributed by atoms with Crippen LogP contribution in [0.25, 0.3) is 0 Å². The number of hydrogen-bond donors (Lipinski definition) is 8. The van der Waals surface area contributed by atoms with Crippen LogP contribution in [0, 0.1) is 24.7 Å². The van der Waals surface area contributed by atoms with Gasteiger partial charge in [0.25, 0.3) is 0 Å². The SMILES string of the molecule is CC1Cc2ccccc2C1C.CC1Cc2ccccc2CC1C.CCC(C)c1ccc(C)cc1.CCC(C)c1ccc(OC)cc1.CCC(C)c1cccc(C(C)(C)C)c1.CCC(C)c1cccc(CO)c1.CCc1cccc(C(C)CC)c1.CO.CO.CO.CO.CO.CO.CO. The molecule has 7 aromatic carbocycles. The molecule has 9 nitrogen and oxygen atoms in total. The molecule has 9 atom stereocenters. The summed E-state index contributed by atoms with van der Waals surface area (Å²) in [7, 11) is 8.69. The van der Waals surface area contributed by atoms with Crippen LogP contribution in [-0.2, 0) is 37.7 Å². The summed E-state index contributed by atoms with van der Waals surface area (Å²) < 4.78 is 5.08. The number of hydrogen-bond acceptors (Lipinski definition) is 9. The normalized spacial score (nSPS) is 15.3. The van der Waals surface area contributed by atoms with E-state index in [0.29, 0.717) is 29.6 Å². The summed E-state index contributed by atoms with van der Waals surface area (Å²) in [6.07, 6.45) is 11.0. The van der Waals surface area contributed by atoms with Crippen molar-refractivity contribution in [1.82, 2.24) is 0 Å². The molecule has 0 aliphatic heterocycles. The van der Waals surface area contributed by atoms with Crippen LogP contribution < -0.4 is 4.74 Å². The van der Waals surface area contributed by atoms with E-state index in [0.717, 1.165) is 97.6 Å². The second kappa shape index (κ2) is 63.2. The number of rotatable bonds is 13. The van der Waals surface area contributed by atoms with Crippen LogP contribution in [0.15, 0.2) is 170 Å². The van der Waals surface area contributed by atoms with E-state index in [1.165, 1.54) is 89.5 Å². The Bertz CT molecular complexity index is 2790. The molecular weight excluding hydrogens is 1210 g/mol. The average Bonchev–Trinajstić information content (AvgIpc) is 1.55. The predicted octanol–water partition coefficient (Wildman–Crippen LogP) is 21.0. The lowest BCUT2D eigenvalue weighted by molar-refractivity contribution is 0.281. The van der Waals surface area contributed by atoms with Crippen molar-refractivity contribution in [1.29, 1.82) is 0 Å². The molecule has 8 N–H and O–H groups in total. The minimum atomic E-state index is 0.143. The molecule has 0 aromatic heterocycles. The monoisotopic (exact) mass is 1360 g/mol. The summed E-state index contributed by atoms with van der Waals surface area (Å²) in [4.78, 5) is 0. The largest absolute Gasteiger partial charge is 0.497 e. The molecule has 0 saturated carbocycles. The molecule has 0 saturated heterocycles. The predicted molar refractivity (Wildman–Crippen MR) is 428 cm³/mol. The van der Waals surface area contributed by atoms with Crippen LogP contribution in [0.4, 0.5) is 0 Å². The van der Waals surface area contributed by atoms with Crippen LogP contribution in [0.5, 0.6) is 5.75 Å². The van der Waals surface area contributed by atoms with Gasteiger partial charge in [0.2, 0.25) is 0 Å². The van der Waals surface area contributed by atoms with E-state index >= 15 is 0 Å². The van der Waals surface area contributed by atoms with Gasteiger partial charge < -0.3 is 45.6 Å². The second-order valence-electron chi connectivity index (χ2n) is 25.9. The van der Waals surface area contributed by atoms with Crippen LogP contribution in [0.1, 0.15) is 265 Å². The third-order valence-electron chi connectivity index (χ3n) is 18.5. The van der Waals surface area contributed by atoms with Crippen molar-refractivity contribution >= 4 is 0 Å². The molecule has 556 valence electrons. The number of aliphatic hydroxyl groups is 8. The van der Waals surface area contributed by atoms with Gasteiger partial charge in [0.15, 0.2) is 0 Å². The fraction of sp³-hybridized carbons (Fsp3) is 0.528. The molecule has 0 radical (unpaired) electrons. The molecule has 0 amide bonds. The zero-order valence-electron chi connectivity index (χ0n) is 66.9. The number of methoxy groups -OCH3 is 1. The maximum atomic E-state index is 8.92. The van der Waals surface area contributed by atoms with Crippen LogP contribution in [-0.4, -0.2) is 97.7 Å². The Morgan fingerprint density at radius 2 is 0.704 bits per heavy atom. The van der Waals surface area contributed by atoms with Crippen molar-refractivity contribution in [3.8, 4) is 5.75 Å². The van der Waals surface area contributed by atoms with Gasteiger partial charge in [0.05, 0.1) is 13.7 Å². The zero-order chi connectivity index (χ0) is 76.4. The molecular formula is C89H146O9. The van der Waals surface area contributed by atoms with Gasteiger partial charge in [-0.2, -0.15) is 0 Å². The highest BCUT2D eigenvalue weighted by atomic mass is 16.5. The summed E-state index contributed by atoms with van der Waals surface area (Å²) in [6, 6.07) is 60.9. The zero-order valence-corrected chi connectivity index (χ0v) is 66.9. The highest BCUT2D eigenvalue weighted by Crippen LogP contribution is 2.37. The molecule has 9 heteroatoms. The van der Waals surface area contributed by atoms with Crippen molar-refractivity contribution in [2.45, 2.75) is 237 Å². The van der Waals surface area contributed by atoms with E-state index in [1.54, 1.807) is 29.4 Å². The van der Waals surface area contributed by atoms with Gasteiger partial charge in [-0.1, -0.05) is 288 Å². The van der Waals surface area contributed by atoms with Gasteiger partial charge in [-0.15, -0.1) is 0 Å². The summed E-state index contributed by atoms with van der Waals surface area (Å²) >= 11 is 0. The first-order valence-electron chi connectivity index (χ1n) is 35.9. The van der Waals surface area contributed by atoms with E-state index in [9.17, 15) is 0 Å². The third kappa shape index (κ3) is 40.9. The molecule has 0 fully saturated rings. The number of aryl methyl sites for hydroxylation is 2. The molecule has 9 rings (SSSR count). The molecule has 0 bridgehead atoms. The topological polar surface area (TPSA) is 171 Å². The number of aliphatic hydroxyl groups excluding tert-OH is 8. The smallest absolute Gasteiger partial charge is 0.118 e. The van der Waals surface area contributed by atoms with Gasteiger partial charge in [-0.05, 0) is 202 Å². The number of fused-ring (bicyclic) bond motifs is 2. The fourth-order valence-electron chi connectivity index (χ4n) is 10.5. The minimum Gasteiger partial charge on any atom is -0.497 e. The van der Waals surface area contributed by atoms with Gasteiger partial charge in [-0.3, -0.25) is 0 Å². The highest BCUT2D eigenvalue weighted by molar-refractivity contribution is 5.36. The van der Waals surface area contributed by atoms with E-state index in [1.807, 2.05) is 24.3 Å². The van der Waals surface area contributed by atoms with Crippen molar-refractivity contribution in [3.05, 3.63) is 242 Å². The Labute approximate surface area is 601 Å². The average molecular weight is 1360 g/mol. The van der Waals surface area contributed by atoms with E-state index in [2.05, 4.69) is 277 Å². The first-order chi connectivity index (χ1) is 47.1. The molecule has 0 heterocycles. The standard InChI is InChI=1S/C14H22.C12H16.C12H18.2C11H16O.C11H14.C11H16.7CH4O/c1-6-11(2)12-8-7-9-13(10-12)14(3,4)5;1-9-7-11-5-3-4-6-12(11)8-10(9)2;1-4-10(3)12-8-6-7-11(5-2)9-12;1-4-9(2)10-5-7-11(12-3)8-6-10;1-3-9(2)11-6-4-5-10(7-11)8-12;1-8-7-10-5-3-4-6-11(10)9(8)2;1-4-10(3)11-7-5-9(2)6-8-11;7*1-2/h7-11H,6H2,1-5H3;3-6,9-10H,7-8H2,1-2H3;6-10H,4-5H2,1-3H3;5-9H,4H2,1-3H3;4-7,9,12H,3,8H2,1-2H3;3-6,8-9H,7H2,1-2H3;5-8,10H,4H2,1-3H3;7*2H,1H3. The van der Waals surface area contributed by atoms with Gasteiger partial charge in [0, 0.05) is 49.8 Å². The molecule has 2 aliphatic rings. The summed E-state index contributed by atoms with van der Waals surface area (Å²) in [5.41, 5.74) is 18.9. The molecule has 0 spiro atoms. The molecule has 2 aliphatic carbocycles. The maximum absolute atomic E-state index is 8.92. The van der Waals surface area contributed by atoms with Crippen molar-refractivity contribution in [2.75, 3.05) is 56.9 Å². The first-order valence-corrected chi connectivity index (χ1v) is 35.9. The van der Waals surface area contributed by atoms with Gasteiger partial charge in [-0.25, -0.2) is 0 Å². The Morgan fingerprint density at radius 1 is 0.378 bits per heavy atom. The molecule has 7 aromatic rings. The van der Waals surface area contributed by atoms with Crippen molar-refractivity contribution < 1.29 is 45.6 Å². The molecule has 98 heavy (non-hydrogen) atoms. The first kappa shape index (κ1) is 101. The summed E-state index contributed by atoms with van der Waals surface area (Å²) in [5.74, 6) is 7.59. The minimum absolute atomic E-state index is 0.143. The second-order valence-corrected chi connectivity index (χ2v) is 25.9.